The van der Waals surface area contributed by atoms with Gasteiger partial charge in [0.25, 0.3) is 5.56 Å². The maximum Gasteiger partial charge on any atom is 0.328 e. The van der Waals surface area contributed by atoms with E-state index in [1.54, 1.807) is 27.2 Å². The third-order valence-electron chi connectivity index (χ3n) is 6.14. The molecule has 2 atom stereocenters. The number of aryl methyl sites for hydroxylation is 1. The molecule has 0 saturated heterocycles. The Kier molecular flexibility index (Phi) is 7.36. The molecule has 2 aromatic heterocycles. The maximum atomic E-state index is 12.9. The van der Waals surface area contributed by atoms with Gasteiger partial charge in [-0.15, -0.1) is 0 Å². The molecule has 2 unspecified atom stereocenters. The Morgan fingerprint density at radius 2 is 1.74 bits per heavy atom. The van der Waals surface area contributed by atoms with E-state index in [0.717, 1.165) is 18.4 Å². The molecule has 4 aromatic rings. The highest BCUT2D eigenvalue weighted by molar-refractivity contribution is 5.69. The lowest BCUT2D eigenvalue weighted by Crippen LogP contribution is -2.30. The minimum absolute atomic E-state index is 0.0970. The highest BCUT2D eigenvalue weighted by atomic mass is 16.5. The lowest BCUT2D eigenvalue weighted by Gasteiger charge is -2.21. The summed E-state index contributed by atoms with van der Waals surface area (Å²) in [6.45, 7) is 1.65. The smallest absolute Gasteiger partial charge is 0.328 e. The Morgan fingerprint density at radius 1 is 1.00 bits per heavy atom. The first kappa shape index (κ1) is 24.3. The molecule has 2 aromatic carbocycles. The van der Waals surface area contributed by atoms with E-state index in [-0.39, 0.29) is 11.2 Å². The van der Waals surface area contributed by atoms with Crippen LogP contribution in [0.1, 0.15) is 42.8 Å². The summed E-state index contributed by atoms with van der Waals surface area (Å²) in [6.07, 6.45) is 1.65. The van der Waals surface area contributed by atoms with Crippen LogP contribution in [-0.2, 0) is 12.8 Å². The van der Waals surface area contributed by atoms with Crippen molar-refractivity contribution >= 4 is 11.2 Å². The molecule has 0 amide bonds. The molecule has 9 nitrogen and oxygen atoms in total. The zero-order valence-corrected chi connectivity index (χ0v) is 20.1. The second-order valence-electron chi connectivity index (χ2n) is 8.56. The number of methoxy groups -OCH3 is 2. The van der Waals surface area contributed by atoms with Crippen LogP contribution in [0.3, 0.4) is 0 Å². The van der Waals surface area contributed by atoms with E-state index in [4.69, 9.17) is 9.47 Å². The zero-order valence-electron chi connectivity index (χ0n) is 20.1. The number of aromatic amines is 2. The number of fused-ring (bicyclic) bond motifs is 1. The summed E-state index contributed by atoms with van der Waals surface area (Å²) in [6, 6.07) is 15.0. The Bertz CT molecular complexity index is 1410. The topological polar surface area (TPSA) is 122 Å². The van der Waals surface area contributed by atoms with E-state index in [9.17, 15) is 14.7 Å². The Hall–Kier alpha value is -3.85. The molecule has 9 heteroatoms. The van der Waals surface area contributed by atoms with Crippen molar-refractivity contribution < 1.29 is 14.6 Å². The SMILES string of the molecule is COc1ccc(Cc2nc3c([nH]c(=O)n3C(CCCc3ccccc3)C(C)O)c(=O)[nH]2)cc1OC. The fourth-order valence-corrected chi connectivity index (χ4v) is 4.38. The van der Waals surface area contributed by atoms with Crippen LogP contribution in [0.2, 0.25) is 0 Å². The van der Waals surface area contributed by atoms with Gasteiger partial charge in [-0.2, -0.15) is 0 Å². The minimum Gasteiger partial charge on any atom is -0.493 e. The van der Waals surface area contributed by atoms with Crippen LogP contribution in [0.25, 0.3) is 11.2 Å². The molecule has 184 valence electrons. The Balaban J connectivity index is 1.65. The number of H-pyrrole nitrogens is 2. The zero-order chi connectivity index (χ0) is 24.9. The van der Waals surface area contributed by atoms with Gasteiger partial charge in [0.1, 0.15) is 5.82 Å². The molecule has 2 heterocycles. The molecule has 3 N–H and O–H groups in total. The van der Waals surface area contributed by atoms with Crippen LogP contribution in [0.15, 0.2) is 58.1 Å². The highest BCUT2D eigenvalue weighted by Gasteiger charge is 2.24. The van der Waals surface area contributed by atoms with Gasteiger partial charge >= 0.3 is 5.69 Å². The number of benzene rings is 2. The summed E-state index contributed by atoms with van der Waals surface area (Å²) in [7, 11) is 3.12. The van der Waals surface area contributed by atoms with Crippen molar-refractivity contribution in [1.29, 1.82) is 0 Å². The van der Waals surface area contributed by atoms with Gasteiger partial charge in [-0.1, -0.05) is 36.4 Å². The van der Waals surface area contributed by atoms with Gasteiger partial charge < -0.3 is 19.6 Å². The molecular weight excluding hydrogens is 448 g/mol. The fraction of sp³-hybridized carbons (Fsp3) is 0.346. The molecule has 0 fully saturated rings. The second kappa shape index (κ2) is 10.6. The lowest BCUT2D eigenvalue weighted by molar-refractivity contribution is 0.123. The van der Waals surface area contributed by atoms with Crippen molar-refractivity contribution in [3.8, 4) is 11.5 Å². The first-order valence-corrected chi connectivity index (χ1v) is 11.6. The minimum atomic E-state index is -0.808. The molecule has 0 spiro atoms. The number of hydrogen-bond acceptors (Lipinski definition) is 6. The molecule has 0 aliphatic rings. The Morgan fingerprint density at radius 3 is 2.43 bits per heavy atom. The maximum absolute atomic E-state index is 12.9. The van der Waals surface area contributed by atoms with Gasteiger partial charge in [0.2, 0.25) is 0 Å². The van der Waals surface area contributed by atoms with Gasteiger partial charge in [-0.3, -0.25) is 14.3 Å². The fourth-order valence-electron chi connectivity index (χ4n) is 4.38. The summed E-state index contributed by atoms with van der Waals surface area (Å²) in [4.78, 5) is 35.6. The molecule has 0 aliphatic carbocycles. The number of hydrogen-bond donors (Lipinski definition) is 3. The van der Waals surface area contributed by atoms with E-state index in [1.165, 1.54) is 10.1 Å². The highest BCUT2D eigenvalue weighted by Crippen LogP contribution is 2.28. The summed E-state index contributed by atoms with van der Waals surface area (Å²) in [5.41, 5.74) is 1.47. The first-order valence-electron chi connectivity index (χ1n) is 11.6. The van der Waals surface area contributed by atoms with Gasteiger partial charge in [0, 0.05) is 6.42 Å². The van der Waals surface area contributed by atoms with Crippen LogP contribution >= 0.6 is 0 Å². The second-order valence-corrected chi connectivity index (χ2v) is 8.56. The van der Waals surface area contributed by atoms with E-state index in [2.05, 4.69) is 27.1 Å². The van der Waals surface area contributed by atoms with Crippen molar-refractivity contribution in [1.82, 2.24) is 19.5 Å². The number of rotatable bonds is 10. The third-order valence-corrected chi connectivity index (χ3v) is 6.14. The van der Waals surface area contributed by atoms with Crippen molar-refractivity contribution in [3.63, 3.8) is 0 Å². The average molecular weight is 479 g/mol. The van der Waals surface area contributed by atoms with Gasteiger partial charge in [-0.05, 0) is 49.4 Å². The molecule has 4 rings (SSSR count). The van der Waals surface area contributed by atoms with Crippen LogP contribution in [-0.4, -0.2) is 44.9 Å². The predicted octanol–water partition coefficient (Wildman–Crippen LogP) is 2.97. The van der Waals surface area contributed by atoms with Crippen molar-refractivity contribution in [2.75, 3.05) is 14.2 Å². The van der Waals surface area contributed by atoms with Crippen LogP contribution in [0.5, 0.6) is 11.5 Å². The van der Waals surface area contributed by atoms with E-state index < -0.39 is 23.4 Å². The van der Waals surface area contributed by atoms with Crippen LogP contribution < -0.4 is 20.7 Å². The number of nitrogens with one attached hydrogen (secondary N) is 2. The molecule has 0 bridgehead atoms. The van der Waals surface area contributed by atoms with Crippen molar-refractivity contribution in [2.24, 2.45) is 0 Å². The first-order chi connectivity index (χ1) is 16.9. The Labute approximate surface area is 202 Å². The standard InChI is InChI=1S/C26H30N4O5/c1-16(31)19(11-7-10-17-8-5-4-6-9-17)30-24-23(29-26(30)33)25(32)28-22(27-24)15-18-12-13-20(34-2)21(14-18)35-3/h4-6,8-9,12-14,16,19,31H,7,10-11,15H2,1-3H3,(H,29,33)(H,27,28,32). The third kappa shape index (κ3) is 5.30. The van der Waals surface area contributed by atoms with Crippen molar-refractivity contribution in [2.45, 2.75) is 44.8 Å². The number of aliphatic hydroxyl groups is 1. The summed E-state index contributed by atoms with van der Waals surface area (Å²) >= 11 is 0. The number of aromatic nitrogens is 4. The molecule has 0 saturated carbocycles. The summed E-state index contributed by atoms with van der Waals surface area (Å²) in [5.74, 6) is 1.57. The van der Waals surface area contributed by atoms with Crippen molar-refractivity contribution in [3.05, 3.63) is 86.3 Å². The van der Waals surface area contributed by atoms with Crippen LogP contribution in [0, 0.1) is 0 Å². The number of nitrogens with zero attached hydrogens (tertiary/aromatic N) is 2. The average Bonchev–Trinajstić information content (AvgIpc) is 3.18. The normalized spacial score (nSPS) is 13.0. The van der Waals surface area contributed by atoms with E-state index >= 15 is 0 Å². The van der Waals surface area contributed by atoms with Crippen LogP contribution in [0.4, 0.5) is 0 Å². The van der Waals surface area contributed by atoms with Gasteiger partial charge in [0.05, 0.1) is 26.4 Å². The van der Waals surface area contributed by atoms with E-state index in [0.29, 0.717) is 30.2 Å². The van der Waals surface area contributed by atoms with Gasteiger partial charge in [-0.25, -0.2) is 9.78 Å². The molecule has 0 aliphatic heterocycles. The molecule has 35 heavy (non-hydrogen) atoms. The largest absolute Gasteiger partial charge is 0.493 e. The number of imidazole rings is 1. The molecule has 0 radical (unpaired) electrons. The predicted molar refractivity (Wildman–Crippen MR) is 133 cm³/mol. The quantitative estimate of drug-likeness (QED) is 0.322. The lowest BCUT2D eigenvalue weighted by atomic mass is 10.0. The molecular formula is C26H30N4O5. The summed E-state index contributed by atoms with van der Waals surface area (Å²) in [5, 5.41) is 10.5. The number of ether oxygens (including phenoxy) is 2. The number of aliphatic hydroxyl groups excluding tert-OH is 1. The van der Waals surface area contributed by atoms with E-state index in [1.807, 2.05) is 30.3 Å². The van der Waals surface area contributed by atoms with Gasteiger partial charge in [0.15, 0.2) is 22.7 Å². The monoisotopic (exact) mass is 478 g/mol. The summed E-state index contributed by atoms with van der Waals surface area (Å²) < 4.78 is 12.1.